The smallest absolute Gasteiger partial charge is 0.259 e. The summed E-state index contributed by atoms with van der Waals surface area (Å²) in [6.07, 6.45) is 0. The average Bonchev–Trinajstić information content (AvgIpc) is 2.89. The average molecular weight is 499 g/mol. The highest BCUT2D eigenvalue weighted by molar-refractivity contribution is 6.30. The second kappa shape index (κ2) is 12.1. The molecule has 184 valence electrons. The van der Waals surface area contributed by atoms with Gasteiger partial charge >= 0.3 is 0 Å². The molecular weight excluding hydrogens is 472 g/mol. The number of nitrogens with one attached hydrogen (secondary N) is 3. The molecule has 35 heavy (non-hydrogen) atoms. The zero-order valence-corrected chi connectivity index (χ0v) is 20.3. The molecule has 1 atom stereocenters. The standard InChI is InChI=1S/C25H27ClN4O5/c1-33-20-12-10-17(23(34-2)24(20)35-3)25(32)29-19-11-9-16(26)13-18(19)22(28-14-21(31)30-27)15-7-5-4-6-8-15/h4-13,22,28H,14,27H2,1-3H3,(H,29,32)(H,30,31)/t22-/m1/s1. The summed E-state index contributed by atoms with van der Waals surface area (Å²) in [5.41, 5.74) is 4.36. The summed E-state index contributed by atoms with van der Waals surface area (Å²) in [7, 11) is 4.41. The third-order valence-corrected chi connectivity index (χ3v) is 5.52. The van der Waals surface area contributed by atoms with E-state index >= 15 is 0 Å². The van der Waals surface area contributed by atoms with Crippen LogP contribution in [0.5, 0.6) is 17.2 Å². The molecule has 0 heterocycles. The van der Waals surface area contributed by atoms with E-state index in [1.54, 1.807) is 30.3 Å². The number of hydrogen-bond acceptors (Lipinski definition) is 7. The van der Waals surface area contributed by atoms with Crippen molar-refractivity contribution in [3.8, 4) is 17.2 Å². The van der Waals surface area contributed by atoms with E-state index in [0.29, 0.717) is 27.8 Å². The van der Waals surface area contributed by atoms with E-state index in [0.717, 1.165) is 5.56 Å². The van der Waals surface area contributed by atoms with E-state index < -0.39 is 17.9 Å². The van der Waals surface area contributed by atoms with Crippen molar-refractivity contribution >= 4 is 29.1 Å². The van der Waals surface area contributed by atoms with Gasteiger partial charge in [-0.2, -0.15) is 0 Å². The molecule has 0 saturated heterocycles. The third-order valence-electron chi connectivity index (χ3n) is 5.28. The van der Waals surface area contributed by atoms with Crippen LogP contribution in [0.1, 0.15) is 27.5 Å². The fourth-order valence-corrected chi connectivity index (χ4v) is 3.84. The fourth-order valence-electron chi connectivity index (χ4n) is 3.65. The Kier molecular flexibility index (Phi) is 8.91. The van der Waals surface area contributed by atoms with E-state index in [1.807, 2.05) is 30.3 Å². The largest absolute Gasteiger partial charge is 0.493 e. The molecule has 5 N–H and O–H groups in total. The summed E-state index contributed by atoms with van der Waals surface area (Å²) in [4.78, 5) is 25.2. The molecule has 10 heteroatoms. The molecule has 0 fully saturated rings. The van der Waals surface area contributed by atoms with Crippen molar-refractivity contribution in [3.05, 3.63) is 82.4 Å². The molecule has 0 aliphatic carbocycles. The highest BCUT2D eigenvalue weighted by Gasteiger charge is 2.24. The first kappa shape index (κ1) is 25.8. The minimum atomic E-state index is -0.477. The number of ether oxygens (including phenoxy) is 3. The number of hydrogen-bond donors (Lipinski definition) is 4. The van der Waals surface area contributed by atoms with Crippen molar-refractivity contribution in [1.29, 1.82) is 0 Å². The molecule has 0 aromatic heterocycles. The van der Waals surface area contributed by atoms with Crippen LogP contribution in [0.4, 0.5) is 5.69 Å². The quantitative estimate of drug-likeness (QED) is 0.192. The number of hydrazine groups is 1. The van der Waals surface area contributed by atoms with Gasteiger partial charge < -0.3 is 19.5 Å². The van der Waals surface area contributed by atoms with Gasteiger partial charge in [0.1, 0.15) is 0 Å². The van der Waals surface area contributed by atoms with Crippen LogP contribution in [-0.4, -0.2) is 39.7 Å². The van der Waals surface area contributed by atoms with Crippen LogP contribution >= 0.6 is 11.6 Å². The third kappa shape index (κ3) is 6.02. The van der Waals surface area contributed by atoms with Crippen LogP contribution in [-0.2, 0) is 4.79 Å². The Hall–Kier alpha value is -3.79. The molecule has 0 aliphatic heterocycles. The molecule has 3 aromatic rings. The Morgan fingerprint density at radius 1 is 0.943 bits per heavy atom. The van der Waals surface area contributed by atoms with E-state index in [2.05, 4.69) is 16.1 Å². The molecule has 9 nitrogen and oxygen atoms in total. The lowest BCUT2D eigenvalue weighted by molar-refractivity contribution is -0.120. The molecule has 0 unspecified atom stereocenters. The van der Waals surface area contributed by atoms with Crippen molar-refractivity contribution in [1.82, 2.24) is 10.7 Å². The highest BCUT2D eigenvalue weighted by atomic mass is 35.5. The van der Waals surface area contributed by atoms with Crippen molar-refractivity contribution in [2.24, 2.45) is 5.84 Å². The first-order chi connectivity index (χ1) is 16.9. The van der Waals surface area contributed by atoms with E-state index in [9.17, 15) is 9.59 Å². The van der Waals surface area contributed by atoms with Gasteiger partial charge in [-0.25, -0.2) is 5.84 Å². The Morgan fingerprint density at radius 3 is 2.29 bits per heavy atom. The van der Waals surface area contributed by atoms with E-state index in [4.69, 9.17) is 31.7 Å². The Balaban J connectivity index is 2.03. The second-order valence-electron chi connectivity index (χ2n) is 7.36. The first-order valence-electron chi connectivity index (χ1n) is 10.6. The van der Waals surface area contributed by atoms with Crippen molar-refractivity contribution < 1.29 is 23.8 Å². The van der Waals surface area contributed by atoms with Gasteiger partial charge in [0.25, 0.3) is 5.91 Å². The Bertz CT molecular complexity index is 1190. The summed E-state index contributed by atoms with van der Waals surface area (Å²) in [5, 5.41) is 6.57. The van der Waals surface area contributed by atoms with E-state index in [1.165, 1.54) is 21.3 Å². The fraction of sp³-hybridized carbons (Fsp3) is 0.200. The van der Waals surface area contributed by atoms with Crippen LogP contribution < -0.4 is 36.1 Å². The lowest BCUT2D eigenvalue weighted by Crippen LogP contribution is -2.39. The predicted molar refractivity (Wildman–Crippen MR) is 134 cm³/mol. The lowest BCUT2D eigenvalue weighted by Gasteiger charge is -2.23. The monoisotopic (exact) mass is 498 g/mol. The van der Waals surface area contributed by atoms with Gasteiger partial charge in [0.2, 0.25) is 11.7 Å². The highest BCUT2D eigenvalue weighted by Crippen LogP contribution is 2.40. The van der Waals surface area contributed by atoms with Gasteiger partial charge in [0.05, 0.1) is 39.5 Å². The van der Waals surface area contributed by atoms with Crippen LogP contribution in [0.2, 0.25) is 5.02 Å². The number of carbonyl (C=O) groups is 2. The van der Waals surface area contributed by atoms with Crippen molar-refractivity contribution in [2.75, 3.05) is 33.2 Å². The van der Waals surface area contributed by atoms with Crippen LogP contribution in [0.3, 0.4) is 0 Å². The van der Waals surface area contributed by atoms with Gasteiger partial charge in [-0.3, -0.25) is 20.3 Å². The van der Waals surface area contributed by atoms with Crippen molar-refractivity contribution in [2.45, 2.75) is 6.04 Å². The number of amides is 2. The zero-order chi connectivity index (χ0) is 25.4. The number of benzene rings is 3. The summed E-state index contributed by atoms with van der Waals surface area (Å²) in [6.45, 7) is -0.0561. The predicted octanol–water partition coefficient (Wildman–Crippen LogP) is 3.29. The number of nitrogens with two attached hydrogens (primary N) is 1. The van der Waals surface area contributed by atoms with E-state index in [-0.39, 0.29) is 17.9 Å². The van der Waals surface area contributed by atoms with Gasteiger partial charge in [0, 0.05) is 10.7 Å². The maximum absolute atomic E-state index is 13.3. The zero-order valence-electron chi connectivity index (χ0n) is 19.6. The number of rotatable bonds is 10. The second-order valence-corrected chi connectivity index (χ2v) is 7.80. The Labute approximate surface area is 208 Å². The molecule has 0 aliphatic rings. The van der Waals surface area contributed by atoms with Gasteiger partial charge in [-0.05, 0) is 41.5 Å². The molecule has 0 saturated carbocycles. The summed E-state index contributed by atoms with van der Waals surface area (Å²) < 4.78 is 16.1. The maximum atomic E-state index is 13.3. The molecular formula is C25H27ClN4O5. The van der Waals surface area contributed by atoms with Crippen LogP contribution in [0.25, 0.3) is 0 Å². The normalized spacial score (nSPS) is 11.3. The minimum absolute atomic E-state index is 0.0561. The van der Waals surface area contributed by atoms with Gasteiger partial charge in [-0.1, -0.05) is 41.9 Å². The Morgan fingerprint density at radius 2 is 1.66 bits per heavy atom. The summed E-state index contributed by atoms with van der Waals surface area (Å²) >= 11 is 6.32. The first-order valence-corrected chi connectivity index (χ1v) is 11.0. The number of carbonyl (C=O) groups excluding carboxylic acids is 2. The topological polar surface area (TPSA) is 124 Å². The SMILES string of the molecule is COc1ccc(C(=O)Nc2ccc(Cl)cc2[C@H](NCC(=O)NN)c2ccccc2)c(OC)c1OC. The van der Waals surface area contributed by atoms with Gasteiger partial charge in [0.15, 0.2) is 11.5 Å². The van der Waals surface area contributed by atoms with Gasteiger partial charge in [-0.15, -0.1) is 0 Å². The molecule has 0 radical (unpaired) electrons. The minimum Gasteiger partial charge on any atom is -0.493 e. The summed E-state index contributed by atoms with van der Waals surface area (Å²) in [6, 6.07) is 17.3. The molecule has 2 amide bonds. The number of anilines is 1. The van der Waals surface area contributed by atoms with Crippen LogP contribution in [0.15, 0.2) is 60.7 Å². The summed E-state index contributed by atoms with van der Waals surface area (Å²) in [5.74, 6) is 5.38. The maximum Gasteiger partial charge on any atom is 0.259 e. The molecule has 0 spiro atoms. The molecule has 3 aromatic carbocycles. The lowest BCUT2D eigenvalue weighted by atomic mass is 9.96. The van der Waals surface area contributed by atoms with Crippen molar-refractivity contribution in [3.63, 3.8) is 0 Å². The number of methoxy groups -OCH3 is 3. The van der Waals surface area contributed by atoms with Crippen LogP contribution in [0, 0.1) is 0 Å². The number of halogens is 1. The molecule has 3 rings (SSSR count). The molecule has 0 bridgehead atoms.